The summed E-state index contributed by atoms with van der Waals surface area (Å²) in [4.78, 5) is 25.2. The lowest BCUT2D eigenvalue weighted by Gasteiger charge is -2.14. The molecule has 0 radical (unpaired) electrons. The molecule has 0 saturated heterocycles. The SMILES string of the molecule is Cc1ccc(C(=O)Nc2ccc(OC3CCCC3)cc2)cc1NC(=O)c1ccccc1F. The molecule has 4 rings (SSSR count). The van der Waals surface area contributed by atoms with Crippen molar-refractivity contribution in [2.24, 2.45) is 0 Å². The number of ether oxygens (including phenoxy) is 1. The molecular formula is C26H25FN2O3. The minimum absolute atomic E-state index is 0.0540. The molecular weight excluding hydrogens is 407 g/mol. The Morgan fingerprint density at radius 3 is 2.34 bits per heavy atom. The first-order valence-corrected chi connectivity index (χ1v) is 10.7. The zero-order valence-electron chi connectivity index (χ0n) is 17.9. The van der Waals surface area contributed by atoms with Crippen LogP contribution >= 0.6 is 0 Å². The summed E-state index contributed by atoms with van der Waals surface area (Å²) in [7, 11) is 0. The first-order valence-electron chi connectivity index (χ1n) is 10.7. The molecule has 0 aromatic heterocycles. The Hall–Kier alpha value is -3.67. The molecule has 2 N–H and O–H groups in total. The van der Waals surface area contributed by atoms with Crippen molar-refractivity contribution >= 4 is 23.2 Å². The van der Waals surface area contributed by atoms with Gasteiger partial charge in [-0.2, -0.15) is 0 Å². The van der Waals surface area contributed by atoms with Crippen LogP contribution in [-0.4, -0.2) is 17.9 Å². The number of aryl methyl sites for hydroxylation is 1. The number of hydrogen-bond donors (Lipinski definition) is 2. The van der Waals surface area contributed by atoms with Crippen LogP contribution in [0.2, 0.25) is 0 Å². The quantitative estimate of drug-likeness (QED) is 0.505. The standard InChI is InChI=1S/C26H25FN2O3/c1-17-10-11-18(16-24(17)29-26(31)22-8-4-5-9-23(22)27)25(30)28-19-12-14-21(15-13-19)32-20-6-2-3-7-20/h4-5,8-16,20H,2-3,6-7H2,1H3,(H,28,30)(H,29,31). The molecule has 0 aliphatic heterocycles. The Morgan fingerprint density at radius 1 is 0.906 bits per heavy atom. The van der Waals surface area contributed by atoms with Gasteiger partial charge in [0.2, 0.25) is 0 Å². The number of rotatable bonds is 6. The Morgan fingerprint density at radius 2 is 1.62 bits per heavy atom. The highest BCUT2D eigenvalue weighted by Gasteiger charge is 2.17. The van der Waals surface area contributed by atoms with E-state index in [9.17, 15) is 14.0 Å². The van der Waals surface area contributed by atoms with Crippen LogP contribution in [0.3, 0.4) is 0 Å². The molecule has 2 amide bonds. The van der Waals surface area contributed by atoms with Crippen LogP contribution in [0.15, 0.2) is 66.7 Å². The van der Waals surface area contributed by atoms with E-state index in [1.54, 1.807) is 36.4 Å². The van der Waals surface area contributed by atoms with Gasteiger partial charge in [0.25, 0.3) is 11.8 Å². The van der Waals surface area contributed by atoms with Gasteiger partial charge in [0.15, 0.2) is 0 Å². The summed E-state index contributed by atoms with van der Waals surface area (Å²) in [6.07, 6.45) is 4.86. The predicted molar refractivity (Wildman–Crippen MR) is 123 cm³/mol. The number of amides is 2. The predicted octanol–water partition coefficient (Wildman–Crippen LogP) is 5.96. The molecule has 1 aliphatic rings. The second kappa shape index (κ2) is 9.64. The van der Waals surface area contributed by atoms with E-state index in [2.05, 4.69) is 10.6 Å². The lowest BCUT2D eigenvalue weighted by Crippen LogP contribution is -2.16. The van der Waals surface area contributed by atoms with E-state index in [1.165, 1.54) is 31.0 Å². The molecule has 0 heterocycles. The molecule has 3 aromatic rings. The van der Waals surface area contributed by atoms with E-state index in [0.717, 1.165) is 24.2 Å². The zero-order chi connectivity index (χ0) is 22.5. The normalized spacial score (nSPS) is 13.6. The highest BCUT2D eigenvalue weighted by molar-refractivity contribution is 6.07. The van der Waals surface area contributed by atoms with Gasteiger partial charge in [-0.1, -0.05) is 18.2 Å². The van der Waals surface area contributed by atoms with E-state index in [4.69, 9.17) is 4.74 Å². The fourth-order valence-corrected chi connectivity index (χ4v) is 3.75. The second-order valence-corrected chi connectivity index (χ2v) is 7.97. The zero-order valence-corrected chi connectivity index (χ0v) is 17.9. The van der Waals surface area contributed by atoms with Crippen molar-refractivity contribution in [3.63, 3.8) is 0 Å². The van der Waals surface area contributed by atoms with Crippen LogP contribution in [0.4, 0.5) is 15.8 Å². The van der Waals surface area contributed by atoms with Crippen LogP contribution in [0.5, 0.6) is 5.75 Å². The van der Waals surface area contributed by atoms with Crippen molar-refractivity contribution in [1.29, 1.82) is 0 Å². The molecule has 6 heteroatoms. The summed E-state index contributed by atoms with van der Waals surface area (Å²) in [5.74, 6) is -0.683. The monoisotopic (exact) mass is 432 g/mol. The number of carbonyl (C=O) groups excluding carboxylic acids is 2. The van der Waals surface area contributed by atoms with Crippen LogP contribution in [0.1, 0.15) is 52.0 Å². The number of carbonyl (C=O) groups is 2. The second-order valence-electron chi connectivity index (χ2n) is 7.97. The van der Waals surface area contributed by atoms with Gasteiger partial charge < -0.3 is 15.4 Å². The summed E-state index contributed by atoms with van der Waals surface area (Å²) >= 11 is 0. The molecule has 0 bridgehead atoms. The third kappa shape index (κ3) is 5.14. The van der Waals surface area contributed by atoms with E-state index in [-0.39, 0.29) is 17.6 Å². The number of nitrogens with one attached hydrogen (secondary N) is 2. The van der Waals surface area contributed by atoms with Gasteiger partial charge in [0.1, 0.15) is 11.6 Å². The average molecular weight is 432 g/mol. The highest BCUT2D eigenvalue weighted by atomic mass is 19.1. The Balaban J connectivity index is 1.42. The molecule has 5 nitrogen and oxygen atoms in total. The maximum Gasteiger partial charge on any atom is 0.258 e. The minimum Gasteiger partial charge on any atom is -0.490 e. The van der Waals surface area contributed by atoms with Crippen molar-refractivity contribution in [3.8, 4) is 5.75 Å². The number of benzene rings is 3. The Kier molecular flexibility index (Phi) is 6.50. The fourth-order valence-electron chi connectivity index (χ4n) is 3.75. The van der Waals surface area contributed by atoms with Crippen molar-refractivity contribution in [2.75, 3.05) is 10.6 Å². The largest absolute Gasteiger partial charge is 0.490 e. The summed E-state index contributed by atoms with van der Waals surface area (Å²) in [5, 5.41) is 5.55. The Bertz CT molecular complexity index is 1120. The van der Waals surface area contributed by atoms with Crippen molar-refractivity contribution < 1.29 is 18.7 Å². The number of halogens is 1. The fraction of sp³-hybridized carbons (Fsp3) is 0.231. The third-order valence-electron chi connectivity index (χ3n) is 5.58. The van der Waals surface area contributed by atoms with Crippen LogP contribution in [0.25, 0.3) is 0 Å². The minimum atomic E-state index is -0.600. The van der Waals surface area contributed by atoms with Gasteiger partial charge in [-0.25, -0.2) is 4.39 Å². The van der Waals surface area contributed by atoms with E-state index in [0.29, 0.717) is 16.9 Å². The van der Waals surface area contributed by atoms with Crippen molar-refractivity contribution in [1.82, 2.24) is 0 Å². The van der Waals surface area contributed by atoms with E-state index >= 15 is 0 Å². The van der Waals surface area contributed by atoms with Gasteiger partial charge >= 0.3 is 0 Å². The first-order chi connectivity index (χ1) is 15.5. The van der Waals surface area contributed by atoms with Gasteiger partial charge in [-0.3, -0.25) is 9.59 Å². The van der Waals surface area contributed by atoms with Crippen LogP contribution in [-0.2, 0) is 0 Å². The maximum atomic E-state index is 13.9. The maximum absolute atomic E-state index is 13.9. The molecule has 1 fully saturated rings. The van der Waals surface area contributed by atoms with Gasteiger partial charge in [0.05, 0.1) is 11.7 Å². The van der Waals surface area contributed by atoms with Crippen molar-refractivity contribution in [3.05, 3.63) is 89.2 Å². The third-order valence-corrected chi connectivity index (χ3v) is 5.58. The summed E-state index contributed by atoms with van der Waals surface area (Å²) in [6.45, 7) is 1.81. The van der Waals surface area contributed by atoms with Gasteiger partial charge in [-0.05, 0) is 86.7 Å². The molecule has 0 spiro atoms. The van der Waals surface area contributed by atoms with Gasteiger partial charge in [0, 0.05) is 16.9 Å². The topological polar surface area (TPSA) is 67.4 Å². The molecule has 164 valence electrons. The summed E-state index contributed by atoms with van der Waals surface area (Å²) < 4.78 is 19.9. The van der Waals surface area contributed by atoms with Crippen LogP contribution in [0, 0.1) is 12.7 Å². The lowest BCUT2D eigenvalue weighted by atomic mass is 10.1. The first kappa shape index (κ1) is 21.6. The molecule has 0 atom stereocenters. The molecule has 3 aromatic carbocycles. The van der Waals surface area contributed by atoms with Crippen LogP contribution < -0.4 is 15.4 Å². The van der Waals surface area contributed by atoms with Crippen molar-refractivity contribution in [2.45, 2.75) is 38.7 Å². The lowest BCUT2D eigenvalue weighted by molar-refractivity contribution is 0.101. The highest BCUT2D eigenvalue weighted by Crippen LogP contribution is 2.25. The molecule has 0 unspecified atom stereocenters. The smallest absolute Gasteiger partial charge is 0.258 e. The summed E-state index contributed by atoms with van der Waals surface area (Å²) in [5.41, 5.74) is 2.18. The Labute approximate surface area is 186 Å². The number of anilines is 2. The summed E-state index contributed by atoms with van der Waals surface area (Å²) in [6, 6.07) is 18.1. The molecule has 1 aliphatic carbocycles. The molecule has 32 heavy (non-hydrogen) atoms. The van der Waals surface area contributed by atoms with E-state index in [1.807, 2.05) is 19.1 Å². The molecule has 1 saturated carbocycles. The van der Waals surface area contributed by atoms with Gasteiger partial charge in [-0.15, -0.1) is 0 Å². The number of hydrogen-bond acceptors (Lipinski definition) is 3. The van der Waals surface area contributed by atoms with E-state index < -0.39 is 11.7 Å². The average Bonchev–Trinajstić information content (AvgIpc) is 3.30.